The van der Waals surface area contributed by atoms with Gasteiger partial charge in [0.05, 0.1) is 0 Å². The van der Waals surface area contributed by atoms with E-state index >= 15 is 0 Å². The number of benzene rings is 2. The van der Waals surface area contributed by atoms with Crippen molar-refractivity contribution in [1.82, 2.24) is 5.32 Å². The molecule has 1 atom stereocenters. The number of nitrogens with one attached hydrogen (secondary N) is 1. The van der Waals surface area contributed by atoms with Gasteiger partial charge in [-0.25, -0.2) is 9.59 Å². The van der Waals surface area contributed by atoms with Crippen molar-refractivity contribution in [1.29, 1.82) is 0 Å². The Balaban J connectivity index is 0.000000307. The first kappa shape index (κ1) is 19.1. The summed E-state index contributed by atoms with van der Waals surface area (Å²) in [4.78, 5) is 18.2. The van der Waals surface area contributed by atoms with Crippen molar-refractivity contribution in [3.8, 4) is 0 Å². The fourth-order valence-corrected chi connectivity index (χ4v) is 4.52. The fourth-order valence-electron chi connectivity index (χ4n) is 4.52. The Kier molecular flexibility index (Phi) is 5.91. The molecule has 1 unspecified atom stereocenters. The highest BCUT2D eigenvalue weighted by Crippen LogP contribution is 2.50. The van der Waals surface area contributed by atoms with Gasteiger partial charge < -0.3 is 15.5 Å². The number of carbonyl (C=O) groups is 2. The first-order valence-electron chi connectivity index (χ1n) is 9.37. The van der Waals surface area contributed by atoms with Crippen molar-refractivity contribution in [3.05, 3.63) is 71.3 Å². The molecule has 2 aromatic rings. The van der Waals surface area contributed by atoms with Gasteiger partial charge in [0.1, 0.15) is 0 Å². The minimum absolute atomic E-state index is 0.289. The van der Waals surface area contributed by atoms with E-state index in [1.165, 1.54) is 36.8 Å². The quantitative estimate of drug-likeness (QED) is 0.707. The van der Waals surface area contributed by atoms with E-state index in [9.17, 15) is 0 Å². The van der Waals surface area contributed by atoms with Crippen LogP contribution in [0.3, 0.4) is 0 Å². The minimum Gasteiger partial charge on any atom is -0.473 e. The lowest BCUT2D eigenvalue weighted by Gasteiger charge is -2.42. The fraction of sp³-hybridized carbons (Fsp3) is 0.364. The molecular formula is C22H25NO4. The van der Waals surface area contributed by atoms with Crippen LogP contribution in [0.5, 0.6) is 0 Å². The highest BCUT2D eigenvalue weighted by atomic mass is 16.4. The maximum absolute atomic E-state index is 9.10. The largest absolute Gasteiger partial charge is 0.473 e. The standard InChI is InChI=1S/C20H23N.C2H2O4/c1-2-9-17(10-3-1)20(13-6-7-14-20)19-18-11-5-4-8-16(18)12-15-21-19;3-1(4)2(5)6/h1-5,8-11,19,21H,6-7,12-15H2;(H,3,4)(H,5,6). The number of carboxylic acid groups (broad SMARTS) is 2. The number of aliphatic carboxylic acids is 2. The monoisotopic (exact) mass is 367 g/mol. The van der Waals surface area contributed by atoms with Gasteiger partial charge in [0.25, 0.3) is 0 Å². The Morgan fingerprint density at radius 3 is 2.11 bits per heavy atom. The molecule has 2 aliphatic rings. The zero-order valence-corrected chi connectivity index (χ0v) is 15.2. The molecular weight excluding hydrogens is 342 g/mol. The first-order chi connectivity index (χ1) is 13.0. The molecule has 0 bridgehead atoms. The van der Waals surface area contributed by atoms with E-state index in [1.54, 1.807) is 5.56 Å². The second kappa shape index (κ2) is 8.35. The Hall–Kier alpha value is -2.66. The highest BCUT2D eigenvalue weighted by Gasteiger charge is 2.44. The normalized spacial score (nSPS) is 20.1. The summed E-state index contributed by atoms with van der Waals surface area (Å²) in [5.41, 5.74) is 4.90. The molecule has 4 rings (SSSR count). The van der Waals surface area contributed by atoms with Crippen LogP contribution in [0.25, 0.3) is 0 Å². The highest BCUT2D eigenvalue weighted by molar-refractivity contribution is 6.27. The molecule has 0 radical (unpaired) electrons. The van der Waals surface area contributed by atoms with Crippen LogP contribution >= 0.6 is 0 Å². The summed E-state index contributed by atoms with van der Waals surface area (Å²) in [6.45, 7) is 1.11. The van der Waals surface area contributed by atoms with E-state index in [-0.39, 0.29) is 5.41 Å². The summed E-state index contributed by atoms with van der Waals surface area (Å²) < 4.78 is 0. The van der Waals surface area contributed by atoms with Crippen molar-refractivity contribution in [3.63, 3.8) is 0 Å². The summed E-state index contributed by atoms with van der Waals surface area (Å²) >= 11 is 0. The maximum atomic E-state index is 9.10. The average molecular weight is 367 g/mol. The number of carboxylic acids is 2. The summed E-state index contributed by atoms with van der Waals surface area (Å²) in [6, 6.07) is 20.7. The van der Waals surface area contributed by atoms with Crippen LogP contribution < -0.4 is 5.32 Å². The predicted octanol–water partition coefficient (Wildman–Crippen LogP) is 3.54. The maximum Gasteiger partial charge on any atom is 0.414 e. The summed E-state index contributed by atoms with van der Waals surface area (Å²) in [5, 5.41) is 18.6. The van der Waals surface area contributed by atoms with Crippen LogP contribution in [0.1, 0.15) is 48.4 Å². The lowest BCUT2D eigenvalue weighted by atomic mass is 9.68. The molecule has 1 aliphatic heterocycles. The molecule has 1 saturated carbocycles. The number of hydrogen-bond acceptors (Lipinski definition) is 3. The Morgan fingerprint density at radius 2 is 1.48 bits per heavy atom. The Morgan fingerprint density at radius 1 is 0.889 bits per heavy atom. The van der Waals surface area contributed by atoms with E-state index < -0.39 is 11.9 Å². The molecule has 1 heterocycles. The van der Waals surface area contributed by atoms with E-state index in [0.29, 0.717) is 6.04 Å². The van der Waals surface area contributed by atoms with Gasteiger partial charge in [-0.2, -0.15) is 0 Å². The van der Waals surface area contributed by atoms with Crippen molar-refractivity contribution >= 4 is 11.9 Å². The minimum atomic E-state index is -1.82. The van der Waals surface area contributed by atoms with E-state index in [2.05, 4.69) is 59.9 Å². The third-order valence-electron chi connectivity index (χ3n) is 5.69. The van der Waals surface area contributed by atoms with Gasteiger partial charge in [0.15, 0.2) is 0 Å². The van der Waals surface area contributed by atoms with Crippen LogP contribution in [0.2, 0.25) is 0 Å². The van der Waals surface area contributed by atoms with Crippen LogP contribution in [0.4, 0.5) is 0 Å². The molecule has 1 aliphatic carbocycles. The molecule has 3 N–H and O–H groups in total. The third-order valence-corrected chi connectivity index (χ3v) is 5.69. The van der Waals surface area contributed by atoms with Gasteiger partial charge in [-0.1, -0.05) is 67.4 Å². The van der Waals surface area contributed by atoms with Crippen molar-refractivity contribution in [2.75, 3.05) is 6.54 Å². The Bertz CT molecular complexity index is 785. The number of hydrogen-bond donors (Lipinski definition) is 3. The van der Waals surface area contributed by atoms with E-state index in [1.807, 2.05) is 0 Å². The van der Waals surface area contributed by atoms with Crippen LogP contribution in [-0.4, -0.2) is 28.7 Å². The van der Waals surface area contributed by atoms with Crippen molar-refractivity contribution in [2.45, 2.75) is 43.6 Å². The summed E-state index contributed by atoms with van der Waals surface area (Å²) in [5.74, 6) is -3.65. The molecule has 1 fully saturated rings. The molecule has 142 valence electrons. The average Bonchev–Trinajstić information content (AvgIpc) is 3.19. The second-order valence-electron chi connectivity index (χ2n) is 7.18. The van der Waals surface area contributed by atoms with Crippen LogP contribution in [0, 0.1) is 0 Å². The van der Waals surface area contributed by atoms with Gasteiger partial charge >= 0.3 is 11.9 Å². The number of rotatable bonds is 2. The topological polar surface area (TPSA) is 86.6 Å². The second-order valence-corrected chi connectivity index (χ2v) is 7.18. The smallest absolute Gasteiger partial charge is 0.414 e. The van der Waals surface area contributed by atoms with Gasteiger partial charge in [0, 0.05) is 11.5 Å². The van der Waals surface area contributed by atoms with Crippen LogP contribution in [-0.2, 0) is 21.4 Å². The van der Waals surface area contributed by atoms with Crippen LogP contribution in [0.15, 0.2) is 54.6 Å². The molecule has 27 heavy (non-hydrogen) atoms. The Labute approximate surface area is 159 Å². The zero-order valence-electron chi connectivity index (χ0n) is 15.2. The van der Waals surface area contributed by atoms with Gasteiger partial charge in [0.2, 0.25) is 0 Å². The zero-order chi connectivity index (χ0) is 19.3. The molecule has 0 amide bonds. The molecule has 0 aromatic heterocycles. The lowest BCUT2D eigenvalue weighted by molar-refractivity contribution is -0.159. The van der Waals surface area contributed by atoms with E-state index in [4.69, 9.17) is 19.8 Å². The lowest BCUT2D eigenvalue weighted by Crippen LogP contribution is -2.43. The summed E-state index contributed by atoms with van der Waals surface area (Å²) in [7, 11) is 0. The summed E-state index contributed by atoms with van der Waals surface area (Å²) in [6.07, 6.45) is 6.49. The number of fused-ring (bicyclic) bond motifs is 1. The van der Waals surface area contributed by atoms with Gasteiger partial charge in [-0.05, 0) is 42.5 Å². The molecule has 0 saturated heterocycles. The molecule has 5 nitrogen and oxygen atoms in total. The molecule has 5 heteroatoms. The van der Waals surface area contributed by atoms with E-state index in [0.717, 1.165) is 13.0 Å². The SMILES string of the molecule is O=C(O)C(=O)O.c1ccc(C2(C3NCCc4ccccc43)CCCC2)cc1. The van der Waals surface area contributed by atoms with Crippen molar-refractivity contribution in [2.24, 2.45) is 0 Å². The molecule has 2 aromatic carbocycles. The molecule has 0 spiro atoms. The van der Waals surface area contributed by atoms with Gasteiger partial charge in [-0.15, -0.1) is 0 Å². The van der Waals surface area contributed by atoms with Gasteiger partial charge in [-0.3, -0.25) is 0 Å². The third kappa shape index (κ3) is 4.03. The first-order valence-corrected chi connectivity index (χ1v) is 9.37. The van der Waals surface area contributed by atoms with Crippen molar-refractivity contribution < 1.29 is 19.8 Å². The predicted molar refractivity (Wildman–Crippen MR) is 103 cm³/mol.